The average Bonchev–Trinajstić information content (AvgIpc) is 3.45. The van der Waals surface area contributed by atoms with E-state index in [1.807, 2.05) is 0 Å². The molecular weight excluding hydrogens is 368 g/mol. The highest BCUT2D eigenvalue weighted by Crippen LogP contribution is 2.30. The Morgan fingerprint density at radius 3 is 2.22 bits per heavy atom. The van der Waals surface area contributed by atoms with Crippen LogP contribution in [0.3, 0.4) is 0 Å². The monoisotopic (exact) mass is 397 g/mol. The number of thiol groups is 1. The molecule has 3 heterocycles. The molecule has 2 fully saturated rings. The second kappa shape index (κ2) is 8.66. The third-order valence-corrected chi connectivity index (χ3v) is 8.33. The Labute approximate surface area is 171 Å². The molecule has 2 aromatic carbocycles. The Kier molecular flexibility index (Phi) is 6.04. The van der Waals surface area contributed by atoms with E-state index in [1.54, 1.807) is 4.90 Å². The maximum absolute atomic E-state index is 4.26. The first-order valence-electron chi connectivity index (χ1n) is 9.98. The molecule has 0 amide bonds. The van der Waals surface area contributed by atoms with Crippen molar-refractivity contribution in [1.29, 1.82) is 0 Å². The molecule has 0 saturated carbocycles. The van der Waals surface area contributed by atoms with Crippen molar-refractivity contribution in [3.05, 3.63) is 54.7 Å². The van der Waals surface area contributed by atoms with Crippen molar-refractivity contribution < 1.29 is 0 Å². The van der Waals surface area contributed by atoms with Gasteiger partial charge in [-0.15, -0.1) is 12.6 Å². The first-order valence-corrected chi connectivity index (χ1v) is 12.0. The van der Waals surface area contributed by atoms with Crippen molar-refractivity contribution in [2.24, 2.45) is 7.05 Å². The lowest BCUT2D eigenvalue weighted by molar-refractivity contribution is 0.949. The van der Waals surface area contributed by atoms with Crippen LogP contribution in [0.5, 0.6) is 0 Å². The largest absolute Gasteiger partial charge is 0.372 e. The van der Waals surface area contributed by atoms with Crippen molar-refractivity contribution in [3.8, 4) is 0 Å². The molecule has 3 aromatic rings. The molecule has 0 spiro atoms. The highest BCUT2D eigenvalue weighted by Gasteiger charge is 2.29. The highest BCUT2D eigenvalue weighted by molar-refractivity contribution is 7.97. The van der Waals surface area contributed by atoms with E-state index in [4.69, 9.17) is 0 Å². The van der Waals surface area contributed by atoms with E-state index >= 15 is 0 Å². The highest BCUT2D eigenvalue weighted by atomic mass is 32.2. The minimum atomic E-state index is 0.535. The number of fused-ring (bicyclic) bond motifs is 1. The van der Waals surface area contributed by atoms with Crippen molar-refractivity contribution in [1.82, 2.24) is 4.57 Å². The predicted octanol–water partition coefficient (Wildman–Crippen LogP) is 5.52. The Hall–Kier alpha value is -1.52. The Morgan fingerprint density at radius 2 is 1.52 bits per heavy atom. The molecule has 142 valence electrons. The van der Waals surface area contributed by atoms with E-state index in [1.165, 1.54) is 66.9 Å². The summed E-state index contributed by atoms with van der Waals surface area (Å²) in [7, 11) is 2.69. The summed E-state index contributed by atoms with van der Waals surface area (Å²) < 4.78 is 2.27. The third-order valence-electron chi connectivity index (χ3n) is 5.52. The van der Waals surface area contributed by atoms with E-state index in [2.05, 4.69) is 83.9 Å². The number of rotatable bonds is 2. The summed E-state index contributed by atoms with van der Waals surface area (Å²) in [4.78, 5) is 5.07. The quantitative estimate of drug-likeness (QED) is 0.442. The molecule has 0 N–H and O–H groups in total. The summed E-state index contributed by atoms with van der Waals surface area (Å²) in [6.45, 7) is 2.43. The maximum atomic E-state index is 4.26. The number of aromatic nitrogens is 1. The number of benzene rings is 2. The standard InChI is InChI=1S/C13H16NS.C10H13NS/c1-14-10-13(15-8-4-5-9-15)11-6-2-3-7-12(11)14;12-10-5-3-9(4-6-10)11-7-1-2-8-11/h2-3,6-7,10H,4-5,8-9H2,1H3;3-6,12H,1-2,7-8H2/q+1;. The van der Waals surface area contributed by atoms with Crippen molar-refractivity contribution >= 4 is 40.1 Å². The van der Waals surface area contributed by atoms with Crippen LogP contribution < -0.4 is 4.90 Å². The fraction of sp³-hybridized carbons (Fsp3) is 0.391. The van der Waals surface area contributed by atoms with Gasteiger partial charge >= 0.3 is 0 Å². The molecule has 0 unspecified atom stereocenters. The molecule has 27 heavy (non-hydrogen) atoms. The molecule has 2 saturated heterocycles. The Morgan fingerprint density at radius 1 is 0.852 bits per heavy atom. The molecule has 5 rings (SSSR count). The second-order valence-corrected chi connectivity index (χ2v) is 10.2. The molecule has 2 aliphatic rings. The molecule has 2 nitrogen and oxygen atoms in total. The number of aryl methyl sites for hydroxylation is 1. The molecule has 4 heteroatoms. The lowest BCUT2D eigenvalue weighted by atomic mass is 10.2. The molecule has 0 radical (unpaired) electrons. The number of anilines is 1. The van der Waals surface area contributed by atoms with Gasteiger partial charge in [-0.1, -0.05) is 12.1 Å². The number of hydrogen-bond donors (Lipinski definition) is 1. The lowest BCUT2D eigenvalue weighted by Gasteiger charge is -2.17. The topological polar surface area (TPSA) is 8.17 Å². The van der Waals surface area contributed by atoms with Crippen LogP contribution in [0.2, 0.25) is 0 Å². The van der Waals surface area contributed by atoms with E-state index in [-0.39, 0.29) is 0 Å². The van der Waals surface area contributed by atoms with Gasteiger partial charge in [-0.2, -0.15) is 0 Å². The smallest absolute Gasteiger partial charge is 0.180 e. The van der Waals surface area contributed by atoms with E-state index in [0.29, 0.717) is 10.9 Å². The number of para-hydroxylation sites is 1. The zero-order valence-electron chi connectivity index (χ0n) is 16.1. The number of hydrogen-bond acceptors (Lipinski definition) is 2. The molecule has 0 atom stereocenters. The fourth-order valence-electron chi connectivity index (χ4n) is 4.05. The first kappa shape index (κ1) is 18.8. The molecule has 0 bridgehead atoms. The normalized spacial score (nSPS) is 17.3. The van der Waals surface area contributed by atoms with Crippen LogP contribution in [0.15, 0.2) is 64.5 Å². The van der Waals surface area contributed by atoms with Crippen LogP contribution >= 0.6 is 12.6 Å². The molecular formula is C23H29N2S2+. The van der Waals surface area contributed by atoms with Gasteiger partial charge in [-0.05, 0) is 62.1 Å². The van der Waals surface area contributed by atoms with Gasteiger partial charge in [-0.3, -0.25) is 0 Å². The van der Waals surface area contributed by atoms with E-state index in [0.717, 1.165) is 4.90 Å². The van der Waals surface area contributed by atoms with Crippen LogP contribution in [0.4, 0.5) is 5.69 Å². The summed E-state index contributed by atoms with van der Waals surface area (Å²) in [5.41, 5.74) is 2.72. The van der Waals surface area contributed by atoms with Gasteiger partial charge in [0.2, 0.25) is 0 Å². The van der Waals surface area contributed by atoms with E-state index in [9.17, 15) is 0 Å². The van der Waals surface area contributed by atoms with Crippen molar-refractivity contribution in [2.75, 3.05) is 29.5 Å². The zero-order valence-corrected chi connectivity index (χ0v) is 17.8. The summed E-state index contributed by atoms with van der Waals surface area (Å²) >= 11 is 4.26. The van der Waals surface area contributed by atoms with Gasteiger partial charge in [0.05, 0.1) is 17.1 Å². The van der Waals surface area contributed by atoms with E-state index < -0.39 is 0 Å². The minimum absolute atomic E-state index is 0.535. The van der Waals surface area contributed by atoms with Gasteiger partial charge in [0.25, 0.3) is 0 Å². The van der Waals surface area contributed by atoms with Gasteiger partial charge < -0.3 is 9.47 Å². The van der Waals surface area contributed by atoms with Crippen LogP contribution in [0, 0.1) is 0 Å². The maximum Gasteiger partial charge on any atom is 0.180 e. The Bertz CT molecular complexity index is 873. The summed E-state index contributed by atoms with van der Waals surface area (Å²) in [6, 6.07) is 17.2. The van der Waals surface area contributed by atoms with Gasteiger partial charge in [0.15, 0.2) is 4.90 Å². The predicted molar refractivity (Wildman–Crippen MR) is 123 cm³/mol. The second-order valence-electron chi connectivity index (χ2n) is 7.44. The third kappa shape index (κ3) is 4.33. The summed E-state index contributed by atoms with van der Waals surface area (Å²) in [5, 5.41) is 1.48. The Balaban J connectivity index is 0.000000137. The summed E-state index contributed by atoms with van der Waals surface area (Å²) in [5.74, 6) is 2.82. The minimum Gasteiger partial charge on any atom is -0.372 e. The lowest BCUT2D eigenvalue weighted by Crippen LogP contribution is -2.17. The van der Waals surface area contributed by atoms with Gasteiger partial charge in [-0.25, -0.2) is 0 Å². The van der Waals surface area contributed by atoms with Crippen LogP contribution in [-0.2, 0) is 17.9 Å². The van der Waals surface area contributed by atoms with Crippen LogP contribution in [-0.4, -0.2) is 29.2 Å². The SMILES string of the molecule is Cn1cc([S+]2CCCC2)c2ccccc21.Sc1ccc(N2CCCC2)cc1. The molecule has 0 aliphatic carbocycles. The van der Waals surface area contributed by atoms with Crippen molar-refractivity contribution in [2.45, 2.75) is 35.5 Å². The van der Waals surface area contributed by atoms with Gasteiger partial charge in [0, 0.05) is 41.6 Å². The van der Waals surface area contributed by atoms with Crippen LogP contribution in [0.1, 0.15) is 25.7 Å². The fourth-order valence-corrected chi connectivity index (χ4v) is 6.74. The van der Waals surface area contributed by atoms with Crippen LogP contribution in [0.25, 0.3) is 10.9 Å². The van der Waals surface area contributed by atoms with Gasteiger partial charge in [0.1, 0.15) is 11.5 Å². The first-order chi connectivity index (χ1) is 13.2. The zero-order chi connectivity index (χ0) is 18.6. The average molecular weight is 398 g/mol. The number of nitrogens with zero attached hydrogens (tertiary/aromatic N) is 2. The molecule has 1 aromatic heterocycles. The summed E-state index contributed by atoms with van der Waals surface area (Å²) in [6.07, 6.45) is 7.86. The van der Waals surface area contributed by atoms with Crippen molar-refractivity contribution in [3.63, 3.8) is 0 Å². The molecule has 2 aliphatic heterocycles.